The molecule has 1 aromatic carbocycles. The molecule has 0 bridgehead atoms. The molecule has 4 nitrogen and oxygen atoms in total. The minimum Gasteiger partial charge on any atom is -0.496 e. The van der Waals surface area contributed by atoms with Gasteiger partial charge in [-0.25, -0.2) is 0 Å². The second-order valence-electron chi connectivity index (χ2n) is 5.20. The first-order valence-corrected chi connectivity index (χ1v) is 5.75. The molecular weight excluding hydrogens is 230 g/mol. The van der Waals surface area contributed by atoms with Crippen LogP contribution in [0.25, 0.3) is 0 Å². The lowest BCUT2D eigenvalue weighted by molar-refractivity contribution is -0.123. The highest BCUT2D eigenvalue weighted by Gasteiger charge is 2.23. The lowest BCUT2D eigenvalue weighted by Crippen LogP contribution is -2.28. The quantitative estimate of drug-likeness (QED) is 0.838. The molecule has 0 aliphatic heterocycles. The summed E-state index contributed by atoms with van der Waals surface area (Å²) in [6.07, 6.45) is 0.699. The number of ether oxygens (including phenoxy) is 1. The summed E-state index contributed by atoms with van der Waals surface area (Å²) in [7, 11) is 1.50. The van der Waals surface area contributed by atoms with Gasteiger partial charge in [-0.05, 0) is 18.6 Å². The highest BCUT2D eigenvalue weighted by molar-refractivity contribution is 6.00. The van der Waals surface area contributed by atoms with Crippen LogP contribution in [0.5, 0.6) is 5.75 Å². The van der Waals surface area contributed by atoms with E-state index in [1.165, 1.54) is 7.11 Å². The lowest BCUT2D eigenvalue weighted by atomic mass is 9.95. The molecule has 0 saturated heterocycles. The Balaban J connectivity index is 3.18. The predicted octanol–water partition coefficient (Wildman–Crippen LogP) is 2.80. The minimum absolute atomic E-state index is 0.142. The van der Waals surface area contributed by atoms with E-state index >= 15 is 0 Å². The summed E-state index contributed by atoms with van der Waals surface area (Å²) in [6.45, 7) is 7.29. The van der Waals surface area contributed by atoms with Crippen LogP contribution in [0.15, 0.2) is 12.1 Å². The SMILES string of the molecule is COc1c(C)ccc(NC(=O)C(C)(C)C)c1C=O. The van der Waals surface area contributed by atoms with Crippen molar-refractivity contribution in [3.05, 3.63) is 23.3 Å². The Morgan fingerprint density at radius 1 is 1.33 bits per heavy atom. The Morgan fingerprint density at radius 2 is 1.94 bits per heavy atom. The number of aldehydes is 1. The van der Waals surface area contributed by atoms with E-state index in [0.717, 1.165) is 5.56 Å². The van der Waals surface area contributed by atoms with E-state index in [0.29, 0.717) is 23.3 Å². The fourth-order valence-corrected chi connectivity index (χ4v) is 1.52. The summed E-state index contributed by atoms with van der Waals surface area (Å²) in [4.78, 5) is 23.1. The smallest absolute Gasteiger partial charge is 0.229 e. The zero-order valence-corrected chi connectivity index (χ0v) is 11.5. The van der Waals surface area contributed by atoms with Crippen LogP contribution in [0, 0.1) is 12.3 Å². The Morgan fingerprint density at radius 3 is 2.39 bits per heavy atom. The molecule has 0 atom stereocenters. The van der Waals surface area contributed by atoms with Crippen LogP contribution in [0.1, 0.15) is 36.7 Å². The molecule has 0 heterocycles. The third kappa shape index (κ3) is 2.88. The Hall–Kier alpha value is -1.84. The summed E-state index contributed by atoms with van der Waals surface area (Å²) in [5, 5.41) is 2.75. The Labute approximate surface area is 107 Å². The number of aryl methyl sites for hydroxylation is 1. The Kier molecular flexibility index (Phi) is 4.11. The number of benzene rings is 1. The first-order valence-electron chi connectivity index (χ1n) is 5.75. The lowest BCUT2D eigenvalue weighted by Gasteiger charge is -2.19. The highest BCUT2D eigenvalue weighted by Crippen LogP contribution is 2.29. The molecule has 0 aliphatic rings. The first kappa shape index (κ1) is 14.2. The van der Waals surface area contributed by atoms with Crippen LogP contribution >= 0.6 is 0 Å². The van der Waals surface area contributed by atoms with Gasteiger partial charge in [0.25, 0.3) is 0 Å². The normalized spacial score (nSPS) is 10.9. The molecule has 0 radical (unpaired) electrons. The summed E-state index contributed by atoms with van der Waals surface area (Å²) >= 11 is 0. The maximum Gasteiger partial charge on any atom is 0.229 e. The van der Waals surface area contributed by atoms with Crippen molar-refractivity contribution in [1.82, 2.24) is 0 Å². The molecule has 0 saturated carbocycles. The number of amides is 1. The fourth-order valence-electron chi connectivity index (χ4n) is 1.52. The number of methoxy groups -OCH3 is 1. The van der Waals surface area contributed by atoms with Crippen molar-refractivity contribution in [2.24, 2.45) is 5.41 Å². The maximum atomic E-state index is 11.9. The van der Waals surface area contributed by atoms with E-state index in [2.05, 4.69) is 5.32 Å². The van der Waals surface area contributed by atoms with Gasteiger partial charge in [0.2, 0.25) is 5.91 Å². The van der Waals surface area contributed by atoms with Crippen molar-refractivity contribution in [2.45, 2.75) is 27.7 Å². The number of hydrogen-bond donors (Lipinski definition) is 1. The monoisotopic (exact) mass is 249 g/mol. The zero-order valence-electron chi connectivity index (χ0n) is 11.5. The van der Waals surface area contributed by atoms with Crippen molar-refractivity contribution >= 4 is 17.9 Å². The van der Waals surface area contributed by atoms with E-state index in [4.69, 9.17) is 4.74 Å². The molecule has 0 aliphatic carbocycles. The molecule has 18 heavy (non-hydrogen) atoms. The van der Waals surface area contributed by atoms with Crippen LogP contribution in [0.3, 0.4) is 0 Å². The standard InChI is InChI=1S/C14H19NO3/c1-9-6-7-11(10(8-16)12(9)18-5)15-13(17)14(2,3)4/h6-8H,1-5H3,(H,15,17). The van der Waals surface area contributed by atoms with Crippen LogP contribution in [-0.2, 0) is 4.79 Å². The van der Waals surface area contributed by atoms with Crippen molar-refractivity contribution in [2.75, 3.05) is 12.4 Å². The molecular formula is C14H19NO3. The average molecular weight is 249 g/mol. The van der Waals surface area contributed by atoms with Gasteiger partial charge in [-0.3, -0.25) is 9.59 Å². The fraction of sp³-hybridized carbons (Fsp3) is 0.429. The average Bonchev–Trinajstić information content (AvgIpc) is 2.29. The predicted molar refractivity (Wildman–Crippen MR) is 71.2 cm³/mol. The number of rotatable bonds is 3. The number of anilines is 1. The van der Waals surface area contributed by atoms with Crippen molar-refractivity contribution < 1.29 is 14.3 Å². The second kappa shape index (κ2) is 5.21. The maximum absolute atomic E-state index is 11.9. The first-order chi connectivity index (χ1) is 8.31. The highest BCUT2D eigenvalue weighted by atomic mass is 16.5. The second-order valence-corrected chi connectivity index (χ2v) is 5.20. The van der Waals surface area contributed by atoms with Gasteiger partial charge in [-0.15, -0.1) is 0 Å². The molecule has 1 amide bonds. The molecule has 0 fully saturated rings. The largest absolute Gasteiger partial charge is 0.496 e. The van der Waals surface area contributed by atoms with Crippen LogP contribution in [0.4, 0.5) is 5.69 Å². The topological polar surface area (TPSA) is 55.4 Å². The third-order valence-corrected chi connectivity index (χ3v) is 2.64. The molecule has 1 aromatic rings. The van der Waals surface area contributed by atoms with Gasteiger partial charge in [-0.2, -0.15) is 0 Å². The third-order valence-electron chi connectivity index (χ3n) is 2.64. The minimum atomic E-state index is -0.516. The number of carbonyl (C=O) groups is 2. The number of hydrogen-bond acceptors (Lipinski definition) is 3. The molecule has 0 unspecified atom stereocenters. The zero-order chi connectivity index (χ0) is 13.9. The number of nitrogens with one attached hydrogen (secondary N) is 1. The van der Waals surface area contributed by atoms with Crippen molar-refractivity contribution in [3.8, 4) is 5.75 Å². The summed E-state index contributed by atoms with van der Waals surface area (Å²) in [5.74, 6) is 0.355. The molecule has 98 valence electrons. The number of carbonyl (C=O) groups excluding carboxylic acids is 2. The van der Waals surface area contributed by atoms with E-state index in [1.54, 1.807) is 6.07 Å². The van der Waals surface area contributed by atoms with Gasteiger partial charge in [0, 0.05) is 5.41 Å². The van der Waals surface area contributed by atoms with Crippen molar-refractivity contribution in [3.63, 3.8) is 0 Å². The van der Waals surface area contributed by atoms with E-state index in [-0.39, 0.29) is 5.91 Å². The van der Waals surface area contributed by atoms with Crippen LogP contribution in [0.2, 0.25) is 0 Å². The van der Waals surface area contributed by atoms with Gasteiger partial charge in [0.15, 0.2) is 6.29 Å². The van der Waals surface area contributed by atoms with E-state index < -0.39 is 5.41 Å². The Bertz CT molecular complexity index is 473. The van der Waals surface area contributed by atoms with Gasteiger partial charge in [0.1, 0.15) is 5.75 Å². The summed E-state index contributed by atoms with van der Waals surface area (Å²) in [6, 6.07) is 3.52. The van der Waals surface area contributed by atoms with Crippen LogP contribution < -0.4 is 10.1 Å². The summed E-state index contributed by atoms with van der Waals surface area (Å²) < 4.78 is 5.19. The van der Waals surface area contributed by atoms with Gasteiger partial charge in [0.05, 0.1) is 18.4 Å². The van der Waals surface area contributed by atoms with E-state index in [9.17, 15) is 9.59 Å². The van der Waals surface area contributed by atoms with Gasteiger partial charge >= 0.3 is 0 Å². The van der Waals surface area contributed by atoms with Gasteiger partial charge < -0.3 is 10.1 Å². The molecule has 0 aromatic heterocycles. The van der Waals surface area contributed by atoms with E-state index in [1.807, 2.05) is 33.8 Å². The van der Waals surface area contributed by atoms with Crippen molar-refractivity contribution in [1.29, 1.82) is 0 Å². The molecule has 4 heteroatoms. The molecule has 1 N–H and O–H groups in total. The summed E-state index contributed by atoms with van der Waals surface area (Å²) in [5.41, 5.74) is 1.19. The van der Waals surface area contributed by atoms with Gasteiger partial charge in [-0.1, -0.05) is 26.8 Å². The molecule has 0 spiro atoms. The molecule has 1 rings (SSSR count). The van der Waals surface area contributed by atoms with Crippen LogP contribution in [-0.4, -0.2) is 19.3 Å².